The molecule has 0 aromatic rings. The molecule has 0 aromatic heterocycles. The Morgan fingerprint density at radius 1 is 0.640 bits per heavy atom. The van der Waals surface area contributed by atoms with Gasteiger partial charge in [0.1, 0.15) is 0 Å². The molecule has 2 bridgehead atoms. The summed E-state index contributed by atoms with van der Waals surface area (Å²) in [5.74, 6) is 0. The maximum Gasteiger partial charge on any atom is 0.0636 e. The molecular weight excluding hydrogens is 310 g/mol. The molecule has 2 spiro atoms. The highest BCUT2D eigenvalue weighted by molar-refractivity contribution is 5.04. The number of hydrazine groups is 1. The minimum absolute atomic E-state index is 0.685. The lowest BCUT2D eigenvalue weighted by Gasteiger charge is -2.57. The van der Waals surface area contributed by atoms with Crippen molar-refractivity contribution in [3.05, 3.63) is 0 Å². The van der Waals surface area contributed by atoms with Gasteiger partial charge < -0.3 is 9.64 Å². The van der Waals surface area contributed by atoms with Crippen LogP contribution in [0.2, 0.25) is 0 Å². The zero-order chi connectivity index (χ0) is 16.5. The van der Waals surface area contributed by atoms with Crippen molar-refractivity contribution in [2.45, 2.75) is 82.3 Å². The van der Waals surface area contributed by atoms with Gasteiger partial charge in [-0.25, -0.2) is 10.0 Å². The van der Waals surface area contributed by atoms with Crippen molar-refractivity contribution in [3.63, 3.8) is 0 Å². The van der Waals surface area contributed by atoms with E-state index in [1.807, 2.05) is 0 Å². The van der Waals surface area contributed by atoms with Crippen molar-refractivity contribution in [1.29, 1.82) is 0 Å². The number of fused-ring (bicyclic) bond motifs is 2. The van der Waals surface area contributed by atoms with E-state index in [9.17, 15) is 0 Å². The fourth-order valence-corrected chi connectivity index (χ4v) is 6.92. The fourth-order valence-electron chi connectivity index (χ4n) is 6.92. The molecule has 0 amide bonds. The maximum atomic E-state index is 5.78. The molecule has 6 fully saturated rings. The van der Waals surface area contributed by atoms with E-state index in [4.69, 9.17) is 4.74 Å². The molecule has 6 aliphatic rings. The van der Waals surface area contributed by atoms with Crippen LogP contribution in [0.4, 0.5) is 0 Å². The van der Waals surface area contributed by atoms with E-state index in [2.05, 4.69) is 14.9 Å². The van der Waals surface area contributed by atoms with Gasteiger partial charge in [0.15, 0.2) is 0 Å². The molecular formula is C21H35N3O. The predicted molar refractivity (Wildman–Crippen MR) is 98.2 cm³/mol. The quantitative estimate of drug-likeness (QED) is 0.766. The molecule has 2 atom stereocenters. The number of nitrogens with zero attached hydrogens (tertiary/aromatic N) is 3. The minimum Gasteiger partial charge on any atom is -0.378 e. The SMILES string of the molecule is C1CC2COCC1N2N1CCC2(CC1)CC(N1CCC3(CC1)CC3)C2. The summed E-state index contributed by atoms with van der Waals surface area (Å²) in [6, 6.07) is 2.30. The first-order valence-electron chi connectivity index (χ1n) is 11.1. The lowest BCUT2D eigenvalue weighted by molar-refractivity contribution is -0.167. The number of rotatable bonds is 2. The number of likely N-dealkylation sites (tertiary alicyclic amines) is 1. The normalized spacial score (nSPS) is 41.3. The summed E-state index contributed by atoms with van der Waals surface area (Å²) in [4.78, 5) is 2.86. The Bertz CT molecular complexity index is 491. The summed E-state index contributed by atoms with van der Waals surface area (Å²) in [7, 11) is 0. The van der Waals surface area contributed by atoms with Crippen molar-refractivity contribution in [3.8, 4) is 0 Å². The van der Waals surface area contributed by atoms with Crippen molar-refractivity contribution in [2.24, 2.45) is 10.8 Å². The van der Waals surface area contributed by atoms with Crippen molar-refractivity contribution in [2.75, 3.05) is 39.4 Å². The van der Waals surface area contributed by atoms with Crippen LogP contribution < -0.4 is 0 Å². The third kappa shape index (κ3) is 2.62. The van der Waals surface area contributed by atoms with Crippen molar-refractivity contribution in [1.82, 2.24) is 14.9 Å². The Hall–Kier alpha value is -0.160. The molecule has 4 heterocycles. The van der Waals surface area contributed by atoms with E-state index in [-0.39, 0.29) is 0 Å². The molecule has 0 aromatic carbocycles. The van der Waals surface area contributed by atoms with Crippen molar-refractivity contribution < 1.29 is 4.74 Å². The second-order valence-electron chi connectivity index (χ2n) is 10.4. The van der Waals surface area contributed by atoms with E-state index in [1.54, 1.807) is 0 Å². The highest BCUT2D eigenvalue weighted by Gasteiger charge is 2.52. The van der Waals surface area contributed by atoms with Gasteiger partial charge in [-0.05, 0) is 88.1 Å². The summed E-state index contributed by atoms with van der Waals surface area (Å²) >= 11 is 0. The fraction of sp³-hybridized carbons (Fsp3) is 1.00. The van der Waals surface area contributed by atoms with Gasteiger partial charge in [0.2, 0.25) is 0 Å². The summed E-state index contributed by atoms with van der Waals surface area (Å²) < 4.78 is 5.78. The first-order chi connectivity index (χ1) is 12.2. The van der Waals surface area contributed by atoms with Crippen molar-refractivity contribution >= 4 is 0 Å². The van der Waals surface area contributed by atoms with Gasteiger partial charge in [0.25, 0.3) is 0 Å². The first-order valence-corrected chi connectivity index (χ1v) is 11.1. The molecule has 2 aliphatic carbocycles. The van der Waals surface area contributed by atoms with E-state index < -0.39 is 0 Å². The zero-order valence-electron chi connectivity index (χ0n) is 15.8. The third-order valence-corrected chi connectivity index (χ3v) is 9.00. The molecule has 0 radical (unpaired) electrons. The first kappa shape index (κ1) is 15.9. The second-order valence-corrected chi connectivity index (χ2v) is 10.4. The highest BCUT2D eigenvalue weighted by atomic mass is 16.5. The number of piperidine rings is 2. The van der Waals surface area contributed by atoms with Crippen LogP contribution in [0.1, 0.15) is 64.2 Å². The van der Waals surface area contributed by atoms with Gasteiger partial charge in [-0.3, -0.25) is 0 Å². The van der Waals surface area contributed by atoms with Crippen LogP contribution >= 0.6 is 0 Å². The molecule has 4 nitrogen and oxygen atoms in total. The summed E-state index contributed by atoms with van der Waals surface area (Å²) in [5.41, 5.74) is 1.54. The van der Waals surface area contributed by atoms with E-state index in [1.165, 1.54) is 90.4 Å². The monoisotopic (exact) mass is 345 g/mol. The van der Waals surface area contributed by atoms with E-state index in [0.717, 1.165) is 24.7 Å². The van der Waals surface area contributed by atoms with Crippen LogP contribution in [-0.4, -0.2) is 72.4 Å². The topological polar surface area (TPSA) is 19.0 Å². The average Bonchev–Trinajstić information content (AvgIpc) is 3.33. The minimum atomic E-state index is 0.685. The van der Waals surface area contributed by atoms with E-state index >= 15 is 0 Å². The maximum absolute atomic E-state index is 5.78. The summed E-state index contributed by atoms with van der Waals surface area (Å²) in [5, 5.41) is 5.47. The van der Waals surface area contributed by atoms with Gasteiger partial charge in [0.05, 0.1) is 13.2 Å². The molecule has 2 saturated carbocycles. The van der Waals surface area contributed by atoms with Gasteiger partial charge in [0, 0.05) is 31.2 Å². The number of hydrogen-bond donors (Lipinski definition) is 0. The van der Waals surface area contributed by atoms with Crippen LogP contribution in [0.5, 0.6) is 0 Å². The van der Waals surface area contributed by atoms with Gasteiger partial charge in [-0.2, -0.15) is 0 Å². The molecule has 2 unspecified atom stereocenters. The zero-order valence-corrected chi connectivity index (χ0v) is 15.8. The van der Waals surface area contributed by atoms with Crippen LogP contribution in [0.25, 0.3) is 0 Å². The molecule has 140 valence electrons. The number of morpholine rings is 1. The average molecular weight is 346 g/mol. The summed E-state index contributed by atoms with van der Waals surface area (Å²) in [6.45, 7) is 7.37. The molecule has 25 heavy (non-hydrogen) atoms. The Labute approximate surface area is 152 Å². The lowest BCUT2D eigenvalue weighted by Crippen LogP contribution is -2.61. The third-order valence-electron chi connectivity index (χ3n) is 9.00. The highest BCUT2D eigenvalue weighted by Crippen LogP contribution is 2.56. The standard InChI is InChI=1S/C21H35N3O/c1-2-18-16-25-15-17(1)24(18)23-11-7-21(8-12-23)13-19(14-21)22-9-5-20(3-4-20)6-10-22/h17-19H,1-16H2. The largest absolute Gasteiger partial charge is 0.378 e. The molecule has 4 aliphatic heterocycles. The van der Waals surface area contributed by atoms with Crippen LogP contribution in [0.3, 0.4) is 0 Å². The van der Waals surface area contributed by atoms with Crippen LogP contribution in [0.15, 0.2) is 0 Å². The summed E-state index contributed by atoms with van der Waals surface area (Å²) in [6.07, 6.45) is 14.7. The van der Waals surface area contributed by atoms with Gasteiger partial charge in [-0.1, -0.05) is 0 Å². The molecule has 4 saturated heterocycles. The van der Waals surface area contributed by atoms with Crippen LogP contribution in [0, 0.1) is 10.8 Å². The lowest BCUT2D eigenvalue weighted by atomic mass is 9.60. The Kier molecular flexibility index (Phi) is 3.59. The molecule has 4 heteroatoms. The van der Waals surface area contributed by atoms with Gasteiger partial charge >= 0.3 is 0 Å². The molecule has 6 rings (SSSR count). The van der Waals surface area contributed by atoms with E-state index in [0.29, 0.717) is 17.5 Å². The van der Waals surface area contributed by atoms with Crippen LogP contribution in [-0.2, 0) is 4.74 Å². The molecule has 0 N–H and O–H groups in total. The second kappa shape index (κ2) is 5.67. The smallest absolute Gasteiger partial charge is 0.0636 e. The Balaban J connectivity index is 1.02. The van der Waals surface area contributed by atoms with Gasteiger partial charge in [-0.15, -0.1) is 0 Å². The number of ether oxygens (including phenoxy) is 1. The predicted octanol–water partition coefficient (Wildman–Crippen LogP) is 2.89. The number of hydrogen-bond acceptors (Lipinski definition) is 4. The Morgan fingerprint density at radius 3 is 1.84 bits per heavy atom. The Morgan fingerprint density at radius 2 is 1.24 bits per heavy atom.